The normalized spacial score (nSPS) is 14.9. The molecule has 1 amide bonds. The summed E-state index contributed by atoms with van der Waals surface area (Å²) in [5, 5.41) is 11.7. The monoisotopic (exact) mass is 377 g/mol. The van der Waals surface area contributed by atoms with E-state index in [1.807, 2.05) is 24.3 Å². The van der Waals surface area contributed by atoms with Crippen molar-refractivity contribution in [1.29, 1.82) is 0 Å². The van der Waals surface area contributed by atoms with Crippen molar-refractivity contribution in [3.63, 3.8) is 0 Å². The summed E-state index contributed by atoms with van der Waals surface area (Å²) in [6.45, 7) is 5.07. The molecule has 1 aliphatic heterocycles. The minimum Gasteiger partial charge on any atom is -0.325 e. The van der Waals surface area contributed by atoms with Crippen LogP contribution in [0.2, 0.25) is 0 Å². The van der Waals surface area contributed by atoms with Crippen LogP contribution in [0.3, 0.4) is 0 Å². The van der Waals surface area contributed by atoms with E-state index in [9.17, 15) is 4.79 Å². The first-order valence-electron chi connectivity index (χ1n) is 9.13. The number of anilines is 1. The molecule has 0 aliphatic carbocycles. The van der Waals surface area contributed by atoms with Crippen molar-refractivity contribution in [3.8, 4) is 11.4 Å². The molecule has 2 aromatic rings. The van der Waals surface area contributed by atoms with E-state index in [1.54, 1.807) is 0 Å². The maximum Gasteiger partial charge on any atom is 0.241 e. The van der Waals surface area contributed by atoms with Gasteiger partial charge in [0.2, 0.25) is 5.91 Å². The highest BCUT2D eigenvalue weighted by molar-refractivity contribution is 5.95. The molecule has 0 bridgehead atoms. The van der Waals surface area contributed by atoms with E-state index in [1.165, 1.54) is 12.8 Å². The molecule has 26 heavy (non-hydrogen) atoms. The average Bonchev–Trinajstić information content (AvgIpc) is 2.83. The number of halogens is 1. The van der Waals surface area contributed by atoms with Crippen LogP contribution in [0.25, 0.3) is 11.4 Å². The van der Waals surface area contributed by atoms with Crippen molar-refractivity contribution in [2.24, 2.45) is 11.7 Å². The molecule has 6 nitrogen and oxygen atoms in total. The molecule has 1 aromatic heterocycles. The van der Waals surface area contributed by atoms with Gasteiger partial charge in [0, 0.05) is 24.2 Å². The molecular formula is C19H28ClN5O. The van der Waals surface area contributed by atoms with Crippen LogP contribution in [0.5, 0.6) is 0 Å². The van der Waals surface area contributed by atoms with Crippen LogP contribution in [0, 0.1) is 5.92 Å². The minimum atomic E-state index is -0.493. The Morgan fingerprint density at radius 3 is 2.85 bits per heavy atom. The van der Waals surface area contributed by atoms with E-state index in [4.69, 9.17) is 5.73 Å². The maximum atomic E-state index is 12.3. The first-order valence-corrected chi connectivity index (χ1v) is 9.13. The Morgan fingerprint density at radius 2 is 2.08 bits per heavy atom. The number of hydrogen-bond donors (Lipinski definition) is 2. The summed E-state index contributed by atoms with van der Waals surface area (Å²) in [4.78, 5) is 12.3. The second-order valence-corrected chi connectivity index (χ2v) is 7.21. The van der Waals surface area contributed by atoms with Crippen LogP contribution in [0.1, 0.15) is 45.4 Å². The molecule has 1 aliphatic rings. The fourth-order valence-corrected chi connectivity index (χ4v) is 3.28. The zero-order chi connectivity index (χ0) is 17.8. The fourth-order valence-electron chi connectivity index (χ4n) is 3.28. The number of aromatic nitrogens is 3. The van der Waals surface area contributed by atoms with Crippen LogP contribution in [0.15, 0.2) is 24.3 Å². The molecular weight excluding hydrogens is 350 g/mol. The Morgan fingerprint density at radius 1 is 1.27 bits per heavy atom. The molecule has 3 rings (SSSR count). The van der Waals surface area contributed by atoms with Gasteiger partial charge in [-0.2, -0.15) is 0 Å². The smallest absolute Gasteiger partial charge is 0.241 e. The number of carbonyl (C=O) groups is 1. The molecule has 0 fully saturated rings. The third-order valence-electron chi connectivity index (χ3n) is 4.56. The third kappa shape index (κ3) is 4.83. The van der Waals surface area contributed by atoms with E-state index in [0.717, 1.165) is 42.3 Å². The number of nitrogens with zero attached hydrogens (tertiary/aromatic N) is 3. The standard InChI is InChI=1S/C19H27N5O.ClH/c1-13(2)11-16(20)19(25)21-15-8-6-7-14(12-15)18-23-22-17-9-4-3-5-10-24(17)18;/h6-8,12-13,16H,3-5,9-11,20H2,1-2H3,(H,21,25);1H/t16-;/m0./s1. The number of nitrogens with one attached hydrogen (secondary N) is 1. The summed E-state index contributed by atoms with van der Waals surface area (Å²) in [6.07, 6.45) is 5.20. The summed E-state index contributed by atoms with van der Waals surface area (Å²) in [6, 6.07) is 7.27. The van der Waals surface area contributed by atoms with Crippen LogP contribution in [-0.2, 0) is 17.8 Å². The molecule has 0 unspecified atom stereocenters. The van der Waals surface area contributed by atoms with E-state index in [-0.39, 0.29) is 18.3 Å². The van der Waals surface area contributed by atoms with Gasteiger partial charge in [-0.25, -0.2) is 0 Å². The van der Waals surface area contributed by atoms with Crippen LogP contribution in [-0.4, -0.2) is 26.7 Å². The van der Waals surface area contributed by atoms with Gasteiger partial charge in [0.1, 0.15) is 5.82 Å². The number of nitrogens with two attached hydrogens (primary N) is 1. The molecule has 142 valence electrons. The van der Waals surface area contributed by atoms with E-state index in [2.05, 4.69) is 33.9 Å². The molecule has 3 N–H and O–H groups in total. The van der Waals surface area contributed by atoms with Gasteiger partial charge in [-0.3, -0.25) is 4.79 Å². The van der Waals surface area contributed by atoms with Gasteiger partial charge in [0.05, 0.1) is 6.04 Å². The van der Waals surface area contributed by atoms with Crippen molar-refractivity contribution >= 4 is 24.0 Å². The Balaban J connectivity index is 0.00000243. The molecule has 1 atom stereocenters. The van der Waals surface area contributed by atoms with Gasteiger partial charge >= 0.3 is 0 Å². The predicted molar refractivity (Wildman–Crippen MR) is 106 cm³/mol. The Labute approximate surface area is 161 Å². The number of aryl methyl sites for hydroxylation is 1. The Bertz CT molecular complexity index is 743. The molecule has 0 spiro atoms. The van der Waals surface area contributed by atoms with Crippen molar-refractivity contribution < 1.29 is 4.79 Å². The number of carbonyl (C=O) groups excluding carboxylic acids is 1. The number of hydrogen-bond acceptors (Lipinski definition) is 4. The van der Waals surface area contributed by atoms with E-state index >= 15 is 0 Å². The lowest BCUT2D eigenvalue weighted by Crippen LogP contribution is -2.36. The van der Waals surface area contributed by atoms with Crippen molar-refractivity contribution in [2.45, 2.75) is 58.5 Å². The highest BCUT2D eigenvalue weighted by Crippen LogP contribution is 2.25. The highest BCUT2D eigenvalue weighted by Gasteiger charge is 2.18. The lowest BCUT2D eigenvalue weighted by atomic mass is 10.0. The Hall–Kier alpha value is -1.92. The van der Waals surface area contributed by atoms with Crippen LogP contribution < -0.4 is 11.1 Å². The van der Waals surface area contributed by atoms with Crippen LogP contribution in [0.4, 0.5) is 5.69 Å². The summed E-state index contributed by atoms with van der Waals surface area (Å²) in [5.74, 6) is 2.17. The molecule has 7 heteroatoms. The van der Waals surface area contributed by atoms with Gasteiger partial charge in [0.15, 0.2) is 5.82 Å². The number of benzene rings is 1. The maximum absolute atomic E-state index is 12.3. The predicted octanol–water partition coefficient (Wildman–Crippen LogP) is 3.41. The zero-order valence-corrected chi connectivity index (χ0v) is 16.3. The van der Waals surface area contributed by atoms with Gasteiger partial charge in [-0.15, -0.1) is 22.6 Å². The molecule has 2 heterocycles. The van der Waals surface area contributed by atoms with Gasteiger partial charge in [-0.1, -0.05) is 32.4 Å². The average molecular weight is 378 g/mol. The molecule has 0 radical (unpaired) electrons. The van der Waals surface area contributed by atoms with E-state index < -0.39 is 6.04 Å². The summed E-state index contributed by atoms with van der Waals surface area (Å²) in [7, 11) is 0. The zero-order valence-electron chi connectivity index (χ0n) is 15.4. The van der Waals surface area contributed by atoms with Crippen LogP contribution >= 0.6 is 12.4 Å². The quantitative estimate of drug-likeness (QED) is 0.836. The second-order valence-electron chi connectivity index (χ2n) is 7.21. The van der Waals surface area contributed by atoms with Gasteiger partial charge < -0.3 is 15.6 Å². The SMILES string of the molecule is CC(C)C[C@H](N)C(=O)Nc1cccc(-c2nnc3n2CCCCC3)c1.Cl. The second kappa shape index (κ2) is 9.14. The lowest BCUT2D eigenvalue weighted by Gasteiger charge is -2.14. The van der Waals surface area contributed by atoms with Crippen molar-refractivity contribution in [3.05, 3.63) is 30.1 Å². The third-order valence-corrected chi connectivity index (χ3v) is 4.56. The topological polar surface area (TPSA) is 85.8 Å². The first kappa shape index (κ1) is 20.4. The molecule has 0 saturated heterocycles. The number of rotatable bonds is 5. The number of fused-ring (bicyclic) bond motifs is 1. The summed E-state index contributed by atoms with van der Waals surface area (Å²) >= 11 is 0. The van der Waals surface area contributed by atoms with Crippen molar-refractivity contribution in [1.82, 2.24) is 14.8 Å². The molecule has 0 saturated carbocycles. The summed E-state index contributed by atoms with van der Waals surface area (Å²) < 4.78 is 2.21. The summed E-state index contributed by atoms with van der Waals surface area (Å²) in [5.41, 5.74) is 7.68. The Kier molecular flexibility index (Phi) is 7.17. The number of amides is 1. The van der Waals surface area contributed by atoms with Crippen molar-refractivity contribution in [2.75, 3.05) is 5.32 Å². The molecule has 1 aromatic carbocycles. The van der Waals surface area contributed by atoms with E-state index in [0.29, 0.717) is 12.3 Å². The van der Waals surface area contributed by atoms with Gasteiger partial charge in [0.25, 0.3) is 0 Å². The first-order chi connectivity index (χ1) is 12.0. The van der Waals surface area contributed by atoms with Gasteiger partial charge in [-0.05, 0) is 37.3 Å². The minimum absolute atomic E-state index is 0. The fraction of sp³-hybridized carbons (Fsp3) is 0.526. The largest absolute Gasteiger partial charge is 0.325 e. The lowest BCUT2D eigenvalue weighted by molar-refractivity contribution is -0.117. The highest BCUT2D eigenvalue weighted by atomic mass is 35.5.